The summed E-state index contributed by atoms with van der Waals surface area (Å²) in [5.41, 5.74) is 5.39. The largest absolute Gasteiger partial charge is 0.357 e. The number of rotatable bonds is 7. The van der Waals surface area contributed by atoms with E-state index in [2.05, 4.69) is 27.6 Å². The van der Waals surface area contributed by atoms with Gasteiger partial charge in [-0.25, -0.2) is 9.38 Å². The normalized spacial score (nSPS) is 11.7. The van der Waals surface area contributed by atoms with Gasteiger partial charge in [-0.05, 0) is 50.3 Å². The maximum atomic E-state index is 13.5. The average Bonchev–Trinajstić information content (AvgIpc) is 2.84. The number of guanidine groups is 1. The zero-order valence-electron chi connectivity index (χ0n) is 16.2. The predicted octanol–water partition coefficient (Wildman–Crippen LogP) is 3.29. The van der Waals surface area contributed by atoms with Crippen LogP contribution in [-0.4, -0.2) is 28.5 Å². The Morgan fingerprint density at radius 3 is 2.65 bits per heavy atom. The number of aryl methyl sites for hydroxylation is 2. The first-order chi connectivity index (χ1) is 12.5. The van der Waals surface area contributed by atoms with Gasteiger partial charge in [0.2, 0.25) is 0 Å². The SMILES string of the molecule is CCNC(=NCc1ccc(F)cc1CSC)NCc1c(C)nn(C)c1C. The van der Waals surface area contributed by atoms with Gasteiger partial charge in [-0.2, -0.15) is 16.9 Å². The second kappa shape index (κ2) is 9.62. The summed E-state index contributed by atoms with van der Waals surface area (Å²) in [6.07, 6.45) is 2.02. The molecule has 2 rings (SSSR count). The Morgan fingerprint density at radius 2 is 2.04 bits per heavy atom. The lowest BCUT2D eigenvalue weighted by molar-refractivity contribution is 0.625. The van der Waals surface area contributed by atoms with E-state index < -0.39 is 0 Å². The average molecular weight is 378 g/mol. The van der Waals surface area contributed by atoms with Gasteiger partial charge in [0.25, 0.3) is 0 Å². The molecule has 0 amide bonds. The number of hydrogen-bond donors (Lipinski definition) is 2. The molecular formula is C19H28FN5S. The summed E-state index contributed by atoms with van der Waals surface area (Å²) in [7, 11) is 1.95. The van der Waals surface area contributed by atoms with Gasteiger partial charge in [0.1, 0.15) is 5.82 Å². The zero-order valence-corrected chi connectivity index (χ0v) is 17.0. The highest BCUT2D eigenvalue weighted by atomic mass is 32.2. The van der Waals surface area contributed by atoms with Crippen molar-refractivity contribution in [3.05, 3.63) is 52.1 Å². The molecule has 0 aliphatic heterocycles. The Hall–Kier alpha value is -2.02. The number of aromatic nitrogens is 2. The van der Waals surface area contributed by atoms with Crippen molar-refractivity contribution in [2.24, 2.45) is 12.0 Å². The van der Waals surface area contributed by atoms with Crippen LogP contribution in [0.1, 0.15) is 35.0 Å². The minimum Gasteiger partial charge on any atom is -0.357 e. The van der Waals surface area contributed by atoms with Gasteiger partial charge < -0.3 is 10.6 Å². The second-order valence-electron chi connectivity index (χ2n) is 6.17. The summed E-state index contributed by atoms with van der Waals surface area (Å²) in [4.78, 5) is 4.67. The lowest BCUT2D eigenvalue weighted by Crippen LogP contribution is -2.37. The van der Waals surface area contributed by atoms with Crippen molar-refractivity contribution in [1.29, 1.82) is 0 Å². The molecular weight excluding hydrogens is 349 g/mol. The summed E-state index contributed by atoms with van der Waals surface area (Å²) in [6, 6.07) is 4.92. The lowest BCUT2D eigenvalue weighted by Gasteiger charge is -2.13. The van der Waals surface area contributed by atoms with Crippen molar-refractivity contribution in [3.8, 4) is 0 Å². The number of benzene rings is 1. The van der Waals surface area contributed by atoms with E-state index in [1.807, 2.05) is 37.9 Å². The smallest absolute Gasteiger partial charge is 0.191 e. The third kappa shape index (κ3) is 5.24. The van der Waals surface area contributed by atoms with Crippen molar-refractivity contribution < 1.29 is 4.39 Å². The Kier molecular flexibility index (Phi) is 7.50. The molecule has 0 aliphatic rings. The molecule has 5 nitrogen and oxygen atoms in total. The highest BCUT2D eigenvalue weighted by molar-refractivity contribution is 7.97. The van der Waals surface area contributed by atoms with Gasteiger partial charge in [-0.1, -0.05) is 6.07 Å². The molecule has 0 spiro atoms. The van der Waals surface area contributed by atoms with E-state index in [-0.39, 0.29) is 5.82 Å². The van der Waals surface area contributed by atoms with Gasteiger partial charge in [-0.3, -0.25) is 4.68 Å². The number of nitrogens with one attached hydrogen (secondary N) is 2. The van der Waals surface area contributed by atoms with Gasteiger partial charge in [0.15, 0.2) is 5.96 Å². The van der Waals surface area contributed by atoms with Crippen LogP contribution in [0.3, 0.4) is 0 Å². The maximum absolute atomic E-state index is 13.5. The highest BCUT2D eigenvalue weighted by Crippen LogP contribution is 2.17. The van der Waals surface area contributed by atoms with E-state index in [1.54, 1.807) is 17.8 Å². The topological polar surface area (TPSA) is 54.2 Å². The summed E-state index contributed by atoms with van der Waals surface area (Å²) in [6.45, 7) is 8.07. The lowest BCUT2D eigenvalue weighted by atomic mass is 10.1. The van der Waals surface area contributed by atoms with Gasteiger partial charge in [-0.15, -0.1) is 0 Å². The third-order valence-corrected chi connectivity index (χ3v) is 4.91. The molecule has 0 saturated heterocycles. The van der Waals surface area contributed by atoms with Crippen LogP contribution in [0, 0.1) is 19.7 Å². The van der Waals surface area contributed by atoms with E-state index in [4.69, 9.17) is 0 Å². The van der Waals surface area contributed by atoms with Crippen LogP contribution in [0.5, 0.6) is 0 Å². The molecule has 0 radical (unpaired) electrons. The first kappa shape index (κ1) is 20.3. The number of thioether (sulfide) groups is 1. The fraction of sp³-hybridized carbons (Fsp3) is 0.474. The van der Waals surface area contributed by atoms with Crippen molar-refractivity contribution >= 4 is 17.7 Å². The first-order valence-electron chi connectivity index (χ1n) is 8.73. The molecule has 2 N–H and O–H groups in total. The highest BCUT2D eigenvalue weighted by Gasteiger charge is 2.10. The summed E-state index contributed by atoms with van der Waals surface area (Å²) >= 11 is 1.68. The summed E-state index contributed by atoms with van der Waals surface area (Å²) in [5, 5.41) is 11.1. The monoisotopic (exact) mass is 377 g/mol. The molecule has 2 aromatic rings. The van der Waals surface area contributed by atoms with E-state index in [0.717, 1.165) is 40.8 Å². The number of halogens is 1. The quantitative estimate of drug-likeness (QED) is 0.574. The van der Waals surface area contributed by atoms with Gasteiger partial charge >= 0.3 is 0 Å². The van der Waals surface area contributed by atoms with Crippen molar-refractivity contribution in [2.45, 2.75) is 39.6 Å². The minimum absolute atomic E-state index is 0.200. The van der Waals surface area contributed by atoms with E-state index >= 15 is 0 Å². The number of nitrogens with zero attached hydrogens (tertiary/aromatic N) is 3. The summed E-state index contributed by atoms with van der Waals surface area (Å²) < 4.78 is 15.4. The van der Waals surface area contributed by atoms with E-state index in [9.17, 15) is 4.39 Å². The minimum atomic E-state index is -0.200. The second-order valence-corrected chi connectivity index (χ2v) is 7.03. The van der Waals surface area contributed by atoms with Crippen LogP contribution in [0.15, 0.2) is 23.2 Å². The number of hydrogen-bond acceptors (Lipinski definition) is 3. The van der Waals surface area contributed by atoms with E-state index in [0.29, 0.717) is 13.1 Å². The molecule has 1 aromatic carbocycles. The summed E-state index contributed by atoms with van der Waals surface area (Å²) in [5.74, 6) is 1.32. The predicted molar refractivity (Wildman–Crippen MR) is 108 cm³/mol. The van der Waals surface area contributed by atoms with E-state index in [1.165, 1.54) is 11.6 Å². The maximum Gasteiger partial charge on any atom is 0.191 e. The molecule has 0 fully saturated rings. The molecule has 1 aromatic heterocycles. The Labute approximate surface area is 159 Å². The first-order valence-corrected chi connectivity index (χ1v) is 10.1. The van der Waals surface area contributed by atoms with Crippen LogP contribution in [0.4, 0.5) is 4.39 Å². The Bertz CT molecular complexity index is 770. The molecule has 26 heavy (non-hydrogen) atoms. The molecule has 0 aliphatic carbocycles. The van der Waals surface area contributed by atoms with Crippen LogP contribution in [0.2, 0.25) is 0 Å². The molecule has 7 heteroatoms. The van der Waals surface area contributed by atoms with Crippen molar-refractivity contribution in [1.82, 2.24) is 20.4 Å². The van der Waals surface area contributed by atoms with Crippen LogP contribution < -0.4 is 10.6 Å². The molecule has 0 saturated carbocycles. The fourth-order valence-electron chi connectivity index (χ4n) is 2.79. The third-order valence-electron chi connectivity index (χ3n) is 4.31. The molecule has 142 valence electrons. The van der Waals surface area contributed by atoms with Gasteiger partial charge in [0.05, 0.1) is 12.2 Å². The van der Waals surface area contributed by atoms with Gasteiger partial charge in [0, 0.05) is 37.1 Å². The Morgan fingerprint density at radius 1 is 1.27 bits per heavy atom. The Balaban J connectivity index is 2.11. The van der Waals surface area contributed by atoms with Crippen LogP contribution in [0.25, 0.3) is 0 Å². The standard InChI is InChI=1S/C19H28FN5S/c1-6-21-19(23-11-18-13(2)24-25(4)14(18)3)22-10-15-7-8-17(20)9-16(15)12-26-5/h7-9H,6,10-12H2,1-5H3,(H2,21,22,23). The zero-order chi connectivity index (χ0) is 19.1. The molecule has 0 bridgehead atoms. The number of aliphatic imine (C=N–C) groups is 1. The van der Waals surface area contributed by atoms with Crippen LogP contribution in [-0.2, 0) is 25.9 Å². The molecule has 0 atom stereocenters. The van der Waals surface area contributed by atoms with Crippen molar-refractivity contribution in [3.63, 3.8) is 0 Å². The van der Waals surface area contributed by atoms with Crippen LogP contribution >= 0.6 is 11.8 Å². The molecule has 0 unspecified atom stereocenters. The molecule has 1 heterocycles. The van der Waals surface area contributed by atoms with Crippen molar-refractivity contribution in [2.75, 3.05) is 12.8 Å². The fourth-order valence-corrected chi connectivity index (χ4v) is 3.37.